The summed E-state index contributed by atoms with van der Waals surface area (Å²) in [6, 6.07) is 2.53. The number of hydrogen-bond acceptors (Lipinski definition) is 2. The van der Waals surface area contributed by atoms with Gasteiger partial charge in [-0.25, -0.2) is 0 Å². The summed E-state index contributed by atoms with van der Waals surface area (Å²) in [5.41, 5.74) is 0. The fraction of sp³-hybridized carbons (Fsp3) is 0.875. The fourth-order valence-electron chi connectivity index (χ4n) is 1.66. The highest BCUT2D eigenvalue weighted by molar-refractivity contribution is 4.99. The first-order valence-electron chi connectivity index (χ1n) is 3.89. The van der Waals surface area contributed by atoms with Crippen LogP contribution in [0.25, 0.3) is 0 Å². The largest absolute Gasteiger partial charge is 0.291 e. The Morgan fingerprint density at radius 2 is 2.40 bits per heavy atom. The van der Waals surface area contributed by atoms with Gasteiger partial charge in [-0.15, -0.1) is 0 Å². The Morgan fingerprint density at radius 1 is 1.70 bits per heavy atom. The number of nitriles is 1. The topological polar surface area (TPSA) is 27.0 Å². The van der Waals surface area contributed by atoms with Crippen LogP contribution >= 0.6 is 0 Å². The van der Waals surface area contributed by atoms with Crippen LogP contribution in [0.15, 0.2) is 0 Å². The standard InChI is InChI=1S/C8H14N2/c1-3-7-4-5-10(2)8(7)6-9/h7-8H,3-5H2,1-2H3. The molecule has 1 aliphatic rings. The molecule has 0 spiro atoms. The summed E-state index contributed by atoms with van der Waals surface area (Å²) >= 11 is 0. The van der Waals surface area contributed by atoms with Crippen LogP contribution in [0.2, 0.25) is 0 Å². The van der Waals surface area contributed by atoms with Crippen LogP contribution in [-0.2, 0) is 0 Å². The van der Waals surface area contributed by atoms with Crippen molar-refractivity contribution in [2.45, 2.75) is 25.8 Å². The molecule has 1 rings (SSSR count). The van der Waals surface area contributed by atoms with E-state index in [9.17, 15) is 0 Å². The van der Waals surface area contributed by atoms with E-state index in [0.717, 1.165) is 13.0 Å². The molecule has 1 heterocycles. The first kappa shape index (κ1) is 7.56. The maximum atomic E-state index is 8.75. The first-order valence-corrected chi connectivity index (χ1v) is 3.89. The molecule has 0 saturated carbocycles. The van der Waals surface area contributed by atoms with Crippen LogP contribution < -0.4 is 0 Å². The van der Waals surface area contributed by atoms with Gasteiger partial charge in [0.1, 0.15) is 6.04 Å². The zero-order chi connectivity index (χ0) is 7.56. The maximum Gasteiger partial charge on any atom is 0.100 e. The Morgan fingerprint density at radius 3 is 2.80 bits per heavy atom. The smallest absolute Gasteiger partial charge is 0.100 e. The summed E-state index contributed by atoms with van der Waals surface area (Å²) in [4.78, 5) is 2.15. The van der Waals surface area contributed by atoms with Gasteiger partial charge in [0.25, 0.3) is 0 Å². The van der Waals surface area contributed by atoms with Gasteiger partial charge in [-0.1, -0.05) is 13.3 Å². The van der Waals surface area contributed by atoms with Gasteiger partial charge in [-0.05, 0) is 25.9 Å². The Labute approximate surface area is 62.4 Å². The number of rotatable bonds is 1. The molecular weight excluding hydrogens is 124 g/mol. The highest BCUT2D eigenvalue weighted by atomic mass is 15.2. The van der Waals surface area contributed by atoms with Gasteiger partial charge < -0.3 is 0 Å². The lowest BCUT2D eigenvalue weighted by atomic mass is 9.99. The molecule has 2 heteroatoms. The van der Waals surface area contributed by atoms with Crippen molar-refractivity contribution in [2.24, 2.45) is 5.92 Å². The van der Waals surface area contributed by atoms with Crippen LogP contribution in [0.5, 0.6) is 0 Å². The molecule has 0 N–H and O–H groups in total. The molecule has 1 saturated heterocycles. The summed E-state index contributed by atoms with van der Waals surface area (Å²) in [6.07, 6.45) is 2.34. The van der Waals surface area contributed by atoms with E-state index in [2.05, 4.69) is 17.9 Å². The van der Waals surface area contributed by atoms with Crippen LogP contribution in [0.3, 0.4) is 0 Å². The maximum absolute atomic E-state index is 8.75. The quantitative estimate of drug-likeness (QED) is 0.545. The van der Waals surface area contributed by atoms with Crippen molar-refractivity contribution in [2.75, 3.05) is 13.6 Å². The van der Waals surface area contributed by atoms with Gasteiger partial charge in [0.2, 0.25) is 0 Å². The molecule has 2 atom stereocenters. The fourth-order valence-corrected chi connectivity index (χ4v) is 1.66. The number of hydrogen-bond donors (Lipinski definition) is 0. The second-order valence-electron chi connectivity index (χ2n) is 3.01. The second-order valence-corrected chi connectivity index (χ2v) is 3.01. The average Bonchev–Trinajstić information content (AvgIpc) is 2.30. The Balaban J connectivity index is 2.56. The molecule has 0 aromatic carbocycles. The number of likely N-dealkylation sites (tertiary alicyclic amines) is 1. The molecule has 10 heavy (non-hydrogen) atoms. The zero-order valence-electron chi connectivity index (χ0n) is 6.67. The number of nitrogens with zero attached hydrogens (tertiary/aromatic N) is 2. The van der Waals surface area contributed by atoms with E-state index in [0.29, 0.717) is 5.92 Å². The van der Waals surface area contributed by atoms with Gasteiger partial charge in [0.15, 0.2) is 0 Å². The van der Waals surface area contributed by atoms with E-state index >= 15 is 0 Å². The summed E-state index contributed by atoms with van der Waals surface area (Å²) in [5, 5.41) is 8.75. The van der Waals surface area contributed by atoms with Gasteiger partial charge in [-0.2, -0.15) is 5.26 Å². The monoisotopic (exact) mass is 138 g/mol. The van der Waals surface area contributed by atoms with Gasteiger partial charge in [0.05, 0.1) is 6.07 Å². The minimum absolute atomic E-state index is 0.185. The third kappa shape index (κ3) is 1.15. The summed E-state index contributed by atoms with van der Waals surface area (Å²) in [7, 11) is 2.03. The first-order chi connectivity index (χ1) is 4.79. The van der Waals surface area contributed by atoms with E-state index < -0.39 is 0 Å². The summed E-state index contributed by atoms with van der Waals surface area (Å²) < 4.78 is 0. The molecule has 2 nitrogen and oxygen atoms in total. The van der Waals surface area contributed by atoms with Crippen molar-refractivity contribution in [1.82, 2.24) is 4.90 Å². The minimum atomic E-state index is 0.185. The normalized spacial score (nSPS) is 34.1. The van der Waals surface area contributed by atoms with Gasteiger partial charge >= 0.3 is 0 Å². The molecule has 1 fully saturated rings. The Hall–Kier alpha value is -0.550. The highest BCUT2D eigenvalue weighted by Crippen LogP contribution is 2.24. The predicted molar refractivity (Wildman–Crippen MR) is 40.4 cm³/mol. The molecule has 0 bridgehead atoms. The van der Waals surface area contributed by atoms with E-state index in [1.54, 1.807) is 0 Å². The van der Waals surface area contributed by atoms with Crippen molar-refractivity contribution in [1.29, 1.82) is 5.26 Å². The molecular formula is C8H14N2. The van der Waals surface area contributed by atoms with Crippen LogP contribution in [0.1, 0.15) is 19.8 Å². The predicted octanol–water partition coefficient (Wildman–Crippen LogP) is 1.24. The van der Waals surface area contributed by atoms with Crippen LogP contribution in [-0.4, -0.2) is 24.5 Å². The molecule has 1 aliphatic heterocycles. The van der Waals surface area contributed by atoms with Crippen LogP contribution in [0, 0.1) is 17.2 Å². The van der Waals surface area contributed by atoms with E-state index in [1.807, 2.05) is 7.05 Å². The van der Waals surface area contributed by atoms with Crippen molar-refractivity contribution < 1.29 is 0 Å². The van der Waals surface area contributed by atoms with Crippen molar-refractivity contribution in [3.8, 4) is 6.07 Å². The molecule has 56 valence electrons. The molecule has 2 unspecified atom stereocenters. The zero-order valence-corrected chi connectivity index (χ0v) is 6.67. The third-order valence-electron chi connectivity index (χ3n) is 2.43. The average molecular weight is 138 g/mol. The van der Waals surface area contributed by atoms with Crippen molar-refractivity contribution in [3.05, 3.63) is 0 Å². The minimum Gasteiger partial charge on any atom is -0.291 e. The summed E-state index contributed by atoms with van der Waals surface area (Å²) in [5.74, 6) is 0.620. The third-order valence-corrected chi connectivity index (χ3v) is 2.43. The lowest BCUT2D eigenvalue weighted by Gasteiger charge is -2.15. The molecule has 0 aliphatic carbocycles. The van der Waals surface area contributed by atoms with E-state index in [1.165, 1.54) is 6.42 Å². The lowest BCUT2D eigenvalue weighted by Crippen LogP contribution is -2.27. The van der Waals surface area contributed by atoms with Gasteiger partial charge in [0, 0.05) is 0 Å². The lowest BCUT2D eigenvalue weighted by molar-refractivity contribution is 0.325. The Bertz CT molecular complexity index is 148. The molecule has 0 amide bonds. The van der Waals surface area contributed by atoms with Crippen LogP contribution in [0.4, 0.5) is 0 Å². The highest BCUT2D eigenvalue weighted by Gasteiger charge is 2.29. The van der Waals surface area contributed by atoms with Crippen molar-refractivity contribution in [3.63, 3.8) is 0 Å². The molecule has 0 aromatic heterocycles. The summed E-state index contributed by atoms with van der Waals surface area (Å²) in [6.45, 7) is 3.25. The van der Waals surface area contributed by atoms with E-state index in [-0.39, 0.29) is 6.04 Å². The Kier molecular flexibility index (Phi) is 2.29. The molecule has 0 radical (unpaired) electrons. The SMILES string of the molecule is CCC1CCN(C)C1C#N. The molecule has 0 aromatic rings. The van der Waals surface area contributed by atoms with Crippen molar-refractivity contribution >= 4 is 0 Å². The second kappa shape index (κ2) is 3.03. The van der Waals surface area contributed by atoms with Gasteiger partial charge in [-0.3, -0.25) is 4.90 Å². The van der Waals surface area contributed by atoms with E-state index in [4.69, 9.17) is 5.26 Å².